The van der Waals surface area contributed by atoms with Gasteiger partial charge in [0, 0.05) is 24.1 Å². The molecule has 0 aliphatic rings. The molecule has 3 nitrogen and oxygen atoms in total. The van der Waals surface area contributed by atoms with E-state index >= 15 is 0 Å². The van der Waals surface area contributed by atoms with E-state index in [1.165, 1.54) is 10.4 Å². The topological polar surface area (TPSA) is 30.5 Å². The molecule has 0 radical (unpaired) electrons. The highest BCUT2D eigenvalue weighted by atomic mass is 32.1. The second kappa shape index (κ2) is 7.28. The van der Waals surface area contributed by atoms with Crippen molar-refractivity contribution >= 4 is 11.3 Å². The number of hydrogen-bond acceptors (Lipinski definition) is 4. The maximum Gasteiger partial charge on any atom is 0.128 e. The average Bonchev–Trinajstić information content (AvgIpc) is 2.89. The first-order valence-electron chi connectivity index (χ1n) is 6.28. The van der Waals surface area contributed by atoms with Crippen LogP contribution in [-0.4, -0.2) is 27.4 Å². The van der Waals surface area contributed by atoms with Gasteiger partial charge in [-0.05, 0) is 36.2 Å². The lowest BCUT2D eigenvalue weighted by Gasteiger charge is -2.09. The molecule has 0 saturated carbocycles. The molecule has 0 aliphatic heterocycles. The van der Waals surface area contributed by atoms with Gasteiger partial charge < -0.3 is 14.8 Å². The van der Waals surface area contributed by atoms with Crippen molar-refractivity contribution < 1.29 is 9.47 Å². The number of rotatable bonds is 7. The summed E-state index contributed by atoms with van der Waals surface area (Å²) < 4.78 is 10.8. The summed E-state index contributed by atoms with van der Waals surface area (Å²) in [4.78, 5) is 1.23. The molecule has 0 amide bonds. The molecule has 0 fully saturated rings. The summed E-state index contributed by atoms with van der Waals surface area (Å²) in [6.45, 7) is 2.06. The molecular weight excluding hydrogens is 258 g/mol. The standard InChI is InChI=1S/C15H19NO2S/c1-16-10-12-9-15(19-11-12)13-5-3-4-6-14(13)18-8-7-17-2/h3-6,9,11,16H,7-8,10H2,1-2H3. The summed E-state index contributed by atoms with van der Waals surface area (Å²) in [7, 11) is 3.64. The monoisotopic (exact) mass is 277 g/mol. The Morgan fingerprint density at radius 2 is 2.05 bits per heavy atom. The van der Waals surface area contributed by atoms with Gasteiger partial charge in [-0.1, -0.05) is 12.1 Å². The molecule has 2 aromatic rings. The second-order valence-corrected chi connectivity index (χ2v) is 5.10. The average molecular weight is 277 g/mol. The maximum atomic E-state index is 5.77. The number of hydrogen-bond donors (Lipinski definition) is 1. The molecule has 19 heavy (non-hydrogen) atoms. The number of methoxy groups -OCH3 is 1. The Bertz CT molecular complexity index is 510. The van der Waals surface area contributed by atoms with E-state index in [1.807, 2.05) is 25.2 Å². The molecule has 1 N–H and O–H groups in total. The zero-order valence-corrected chi connectivity index (χ0v) is 12.1. The van der Waals surface area contributed by atoms with E-state index in [1.54, 1.807) is 18.4 Å². The minimum Gasteiger partial charge on any atom is -0.491 e. The van der Waals surface area contributed by atoms with Crippen molar-refractivity contribution in [3.05, 3.63) is 41.3 Å². The molecule has 0 saturated heterocycles. The number of para-hydroxylation sites is 1. The second-order valence-electron chi connectivity index (χ2n) is 4.19. The zero-order chi connectivity index (χ0) is 13.5. The first-order valence-corrected chi connectivity index (χ1v) is 7.16. The lowest BCUT2D eigenvalue weighted by atomic mass is 10.1. The lowest BCUT2D eigenvalue weighted by molar-refractivity contribution is 0.146. The summed E-state index contributed by atoms with van der Waals surface area (Å²) in [6, 6.07) is 10.3. The van der Waals surface area contributed by atoms with E-state index in [0.717, 1.165) is 17.9 Å². The first kappa shape index (κ1) is 14.1. The van der Waals surface area contributed by atoms with Crippen molar-refractivity contribution in [2.45, 2.75) is 6.54 Å². The summed E-state index contributed by atoms with van der Waals surface area (Å²) in [6.07, 6.45) is 0. The van der Waals surface area contributed by atoms with Gasteiger partial charge in [-0.2, -0.15) is 0 Å². The largest absolute Gasteiger partial charge is 0.491 e. The third kappa shape index (κ3) is 3.80. The number of thiophene rings is 1. The molecule has 0 atom stereocenters. The van der Waals surface area contributed by atoms with Gasteiger partial charge in [-0.3, -0.25) is 0 Å². The molecule has 0 unspecified atom stereocenters. The highest BCUT2D eigenvalue weighted by Gasteiger charge is 2.08. The van der Waals surface area contributed by atoms with Crippen molar-refractivity contribution in [1.82, 2.24) is 5.32 Å². The molecule has 1 heterocycles. The van der Waals surface area contributed by atoms with Crippen LogP contribution in [0.2, 0.25) is 0 Å². The van der Waals surface area contributed by atoms with Gasteiger partial charge >= 0.3 is 0 Å². The van der Waals surface area contributed by atoms with Crippen LogP contribution in [0.25, 0.3) is 10.4 Å². The minimum atomic E-state index is 0.572. The molecule has 1 aromatic carbocycles. The molecule has 102 valence electrons. The Hall–Kier alpha value is -1.36. The van der Waals surface area contributed by atoms with E-state index in [9.17, 15) is 0 Å². The third-order valence-electron chi connectivity index (χ3n) is 2.73. The third-order valence-corrected chi connectivity index (χ3v) is 3.74. The summed E-state index contributed by atoms with van der Waals surface area (Å²) in [5.74, 6) is 0.914. The maximum absolute atomic E-state index is 5.77. The van der Waals surface area contributed by atoms with Crippen molar-refractivity contribution in [3.63, 3.8) is 0 Å². The number of nitrogens with one attached hydrogen (secondary N) is 1. The van der Waals surface area contributed by atoms with Crippen LogP contribution in [-0.2, 0) is 11.3 Å². The van der Waals surface area contributed by atoms with E-state index in [0.29, 0.717) is 13.2 Å². The molecule has 0 spiro atoms. The van der Waals surface area contributed by atoms with E-state index in [2.05, 4.69) is 22.8 Å². The highest BCUT2D eigenvalue weighted by molar-refractivity contribution is 7.13. The minimum absolute atomic E-state index is 0.572. The summed E-state index contributed by atoms with van der Waals surface area (Å²) in [5, 5.41) is 5.34. The molecule has 0 bridgehead atoms. The van der Waals surface area contributed by atoms with E-state index in [-0.39, 0.29) is 0 Å². The van der Waals surface area contributed by atoms with Gasteiger partial charge in [0.2, 0.25) is 0 Å². The van der Waals surface area contributed by atoms with Crippen LogP contribution < -0.4 is 10.1 Å². The van der Waals surface area contributed by atoms with Crippen LogP contribution in [0.15, 0.2) is 35.7 Å². The van der Waals surface area contributed by atoms with Crippen molar-refractivity contribution in [2.24, 2.45) is 0 Å². The molecular formula is C15H19NO2S. The molecule has 0 aliphatic carbocycles. The molecule has 4 heteroatoms. The van der Waals surface area contributed by atoms with Gasteiger partial charge in [0.1, 0.15) is 12.4 Å². The van der Waals surface area contributed by atoms with Gasteiger partial charge in [0.05, 0.1) is 6.61 Å². The Morgan fingerprint density at radius 3 is 2.84 bits per heavy atom. The molecule has 1 aromatic heterocycles. The smallest absolute Gasteiger partial charge is 0.128 e. The van der Waals surface area contributed by atoms with Crippen LogP contribution in [0, 0.1) is 0 Å². The number of ether oxygens (including phenoxy) is 2. The predicted octanol–water partition coefficient (Wildman–Crippen LogP) is 3.16. The predicted molar refractivity (Wildman–Crippen MR) is 79.9 cm³/mol. The molecule has 2 rings (SSSR count). The normalized spacial score (nSPS) is 10.6. The van der Waals surface area contributed by atoms with Gasteiger partial charge in [0.15, 0.2) is 0 Å². The fraction of sp³-hybridized carbons (Fsp3) is 0.333. The van der Waals surface area contributed by atoms with Crippen LogP contribution in [0.4, 0.5) is 0 Å². The fourth-order valence-electron chi connectivity index (χ4n) is 1.84. The summed E-state index contributed by atoms with van der Waals surface area (Å²) in [5.41, 5.74) is 2.44. The quantitative estimate of drug-likeness (QED) is 0.789. The van der Waals surface area contributed by atoms with Crippen LogP contribution in [0.5, 0.6) is 5.75 Å². The Balaban J connectivity index is 2.17. The van der Waals surface area contributed by atoms with Crippen LogP contribution in [0.1, 0.15) is 5.56 Å². The van der Waals surface area contributed by atoms with Gasteiger partial charge in [0.25, 0.3) is 0 Å². The lowest BCUT2D eigenvalue weighted by Crippen LogP contribution is -2.05. The van der Waals surface area contributed by atoms with Crippen molar-refractivity contribution in [2.75, 3.05) is 27.4 Å². The van der Waals surface area contributed by atoms with Crippen molar-refractivity contribution in [1.29, 1.82) is 0 Å². The van der Waals surface area contributed by atoms with E-state index in [4.69, 9.17) is 9.47 Å². The van der Waals surface area contributed by atoms with Crippen LogP contribution >= 0.6 is 11.3 Å². The van der Waals surface area contributed by atoms with Gasteiger partial charge in [-0.25, -0.2) is 0 Å². The highest BCUT2D eigenvalue weighted by Crippen LogP contribution is 2.34. The zero-order valence-electron chi connectivity index (χ0n) is 11.3. The summed E-state index contributed by atoms with van der Waals surface area (Å²) >= 11 is 1.74. The Kier molecular flexibility index (Phi) is 5.39. The Morgan fingerprint density at radius 1 is 1.21 bits per heavy atom. The first-order chi connectivity index (χ1) is 9.35. The van der Waals surface area contributed by atoms with E-state index < -0.39 is 0 Å². The van der Waals surface area contributed by atoms with Crippen molar-refractivity contribution in [3.8, 4) is 16.2 Å². The fourth-order valence-corrected chi connectivity index (χ4v) is 2.79. The van der Waals surface area contributed by atoms with Gasteiger partial charge in [-0.15, -0.1) is 11.3 Å². The van der Waals surface area contributed by atoms with Crippen LogP contribution in [0.3, 0.4) is 0 Å². The Labute approximate surface area is 118 Å². The number of benzene rings is 1. The SMILES string of the molecule is CNCc1csc(-c2ccccc2OCCOC)c1.